The first kappa shape index (κ1) is 19.4. The van der Waals surface area contributed by atoms with Crippen LogP contribution in [0.25, 0.3) is 16.9 Å². The minimum Gasteiger partial charge on any atom is -0.496 e. The fraction of sp³-hybridized carbons (Fsp3) is 0.238. The summed E-state index contributed by atoms with van der Waals surface area (Å²) in [6.45, 7) is 1.30. The Labute approximate surface area is 171 Å². The number of pyridine rings is 1. The number of para-hydroxylation sites is 1. The number of aryl methyl sites for hydroxylation is 3. The van der Waals surface area contributed by atoms with Crippen molar-refractivity contribution in [2.24, 2.45) is 0 Å². The quantitative estimate of drug-likeness (QED) is 0.499. The SMILES string of the molecule is COc1ccccc1CCc1cn(CC(=O)O)c(=O)c2c(C)c(-n3nccn3)oc12. The van der Waals surface area contributed by atoms with E-state index in [-0.39, 0.29) is 0 Å². The number of rotatable bonds is 7. The van der Waals surface area contributed by atoms with Crippen molar-refractivity contribution in [1.29, 1.82) is 0 Å². The highest BCUT2D eigenvalue weighted by atomic mass is 16.5. The molecule has 0 saturated heterocycles. The lowest BCUT2D eigenvalue weighted by Crippen LogP contribution is -2.24. The summed E-state index contributed by atoms with van der Waals surface area (Å²) in [7, 11) is 1.61. The number of methoxy groups -OCH3 is 1. The highest BCUT2D eigenvalue weighted by Crippen LogP contribution is 2.29. The zero-order valence-corrected chi connectivity index (χ0v) is 16.5. The number of benzene rings is 1. The van der Waals surface area contributed by atoms with Gasteiger partial charge < -0.3 is 18.8 Å². The van der Waals surface area contributed by atoms with Crippen molar-refractivity contribution in [3.63, 3.8) is 0 Å². The molecule has 0 aliphatic carbocycles. The third kappa shape index (κ3) is 3.45. The van der Waals surface area contributed by atoms with Crippen LogP contribution in [0.5, 0.6) is 5.75 Å². The highest BCUT2D eigenvalue weighted by molar-refractivity contribution is 5.85. The van der Waals surface area contributed by atoms with E-state index in [4.69, 9.17) is 9.15 Å². The number of carboxylic acids is 1. The maximum Gasteiger partial charge on any atom is 0.323 e. The molecule has 0 atom stereocenters. The molecule has 1 N–H and O–H groups in total. The first-order chi connectivity index (χ1) is 14.5. The summed E-state index contributed by atoms with van der Waals surface area (Å²) in [5.74, 6) is 0.00520. The fourth-order valence-electron chi connectivity index (χ4n) is 3.57. The molecule has 4 aromatic rings. The standard InChI is InChI=1S/C21H20N4O5/c1-13-18-19(30-21(13)25-22-9-10-23-25)15(11-24(20(18)28)12-17(26)27)8-7-14-5-3-4-6-16(14)29-2/h3-6,9-11H,7-8,12H2,1-2H3,(H,26,27). The Morgan fingerprint density at radius 2 is 1.87 bits per heavy atom. The lowest BCUT2D eigenvalue weighted by molar-refractivity contribution is -0.137. The molecule has 1 aromatic carbocycles. The summed E-state index contributed by atoms with van der Waals surface area (Å²) < 4.78 is 12.6. The van der Waals surface area contributed by atoms with Gasteiger partial charge in [-0.3, -0.25) is 9.59 Å². The van der Waals surface area contributed by atoms with Crippen LogP contribution >= 0.6 is 0 Å². The molecule has 0 unspecified atom stereocenters. The molecule has 3 heterocycles. The van der Waals surface area contributed by atoms with Crippen molar-refractivity contribution < 1.29 is 19.1 Å². The van der Waals surface area contributed by atoms with Gasteiger partial charge in [0.2, 0.25) is 5.88 Å². The Kier molecular flexibility index (Phi) is 5.09. The predicted octanol–water partition coefficient (Wildman–Crippen LogP) is 2.36. The van der Waals surface area contributed by atoms with E-state index in [1.165, 1.54) is 21.8 Å². The molecule has 3 aromatic heterocycles. The number of ether oxygens (including phenoxy) is 1. The molecule has 0 bridgehead atoms. The number of aromatic nitrogens is 4. The normalized spacial score (nSPS) is 11.1. The molecule has 30 heavy (non-hydrogen) atoms. The zero-order valence-electron chi connectivity index (χ0n) is 16.5. The highest BCUT2D eigenvalue weighted by Gasteiger charge is 2.21. The molecule has 4 rings (SSSR count). The van der Waals surface area contributed by atoms with Crippen LogP contribution in [-0.4, -0.2) is 37.7 Å². The first-order valence-electron chi connectivity index (χ1n) is 9.35. The van der Waals surface area contributed by atoms with E-state index in [0.717, 1.165) is 16.9 Å². The van der Waals surface area contributed by atoms with Crippen molar-refractivity contribution in [2.45, 2.75) is 26.3 Å². The number of furan rings is 1. The number of hydrogen-bond donors (Lipinski definition) is 1. The number of carboxylic acid groups (broad SMARTS) is 1. The molecule has 0 radical (unpaired) electrons. The lowest BCUT2D eigenvalue weighted by atomic mass is 10.0. The average molecular weight is 408 g/mol. The number of aliphatic carboxylic acids is 1. The zero-order chi connectivity index (χ0) is 21.3. The van der Waals surface area contributed by atoms with Crippen LogP contribution in [0.3, 0.4) is 0 Å². The van der Waals surface area contributed by atoms with Gasteiger partial charge in [0.15, 0.2) is 0 Å². The van der Waals surface area contributed by atoms with Crippen LogP contribution in [0.1, 0.15) is 16.7 Å². The topological polar surface area (TPSA) is 112 Å². The summed E-state index contributed by atoms with van der Waals surface area (Å²) in [4.78, 5) is 25.6. The lowest BCUT2D eigenvalue weighted by Gasteiger charge is -2.10. The average Bonchev–Trinajstić information content (AvgIpc) is 3.37. The Morgan fingerprint density at radius 1 is 1.17 bits per heavy atom. The first-order valence-corrected chi connectivity index (χ1v) is 9.35. The van der Waals surface area contributed by atoms with Gasteiger partial charge in [-0.15, -0.1) is 4.80 Å². The van der Waals surface area contributed by atoms with Gasteiger partial charge in [-0.2, -0.15) is 10.2 Å². The molecule has 0 aliphatic rings. The van der Waals surface area contributed by atoms with Crippen molar-refractivity contribution in [1.82, 2.24) is 19.6 Å². The van der Waals surface area contributed by atoms with E-state index in [9.17, 15) is 14.7 Å². The molecule has 0 amide bonds. The molecular weight excluding hydrogens is 388 g/mol. The molecular formula is C21H20N4O5. The van der Waals surface area contributed by atoms with Gasteiger partial charge in [0.25, 0.3) is 5.56 Å². The Balaban J connectivity index is 1.84. The van der Waals surface area contributed by atoms with E-state index in [2.05, 4.69) is 10.2 Å². The Bertz CT molecular complexity index is 1270. The van der Waals surface area contributed by atoms with Crippen LogP contribution < -0.4 is 10.3 Å². The van der Waals surface area contributed by atoms with E-state index >= 15 is 0 Å². The van der Waals surface area contributed by atoms with E-state index in [0.29, 0.717) is 35.3 Å². The molecule has 0 aliphatic heterocycles. The largest absolute Gasteiger partial charge is 0.496 e. The van der Waals surface area contributed by atoms with Crippen LogP contribution in [0, 0.1) is 6.92 Å². The van der Waals surface area contributed by atoms with Gasteiger partial charge >= 0.3 is 5.97 Å². The smallest absolute Gasteiger partial charge is 0.323 e. The third-order valence-electron chi connectivity index (χ3n) is 4.96. The summed E-state index contributed by atoms with van der Waals surface area (Å²) in [6, 6.07) is 7.68. The van der Waals surface area contributed by atoms with E-state index in [1.807, 2.05) is 24.3 Å². The van der Waals surface area contributed by atoms with Gasteiger partial charge in [-0.05, 0) is 31.4 Å². The van der Waals surface area contributed by atoms with Gasteiger partial charge in [0, 0.05) is 17.3 Å². The Hall–Kier alpha value is -3.88. The van der Waals surface area contributed by atoms with Crippen LogP contribution in [0.15, 0.2) is 52.1 Å². The molecule has 0 saturated carbocycles. The summed E-state index contributed by atoms with van der Waals surface area (Å²) in [5, 5.41) is 17.7. The number of hydrogen-bond acceptors (Lipinski definition) is 6. The van der Waals surface area contributed by atoms with Crippen molar-refractivity contribution in [3.05, 3.63) is 69.9 Å². The van der Waals surface area contributed by atoms with Crippen molar-refractivity contribution in [3.8, 4) is 11.6 Å². The minimum absolute atomic E-state index is 0.332. The van der Waals surface area contributed by atoms with Crippen molar-refractivity contribution in [2.75, 3.05) is 7.11 Å². The van der Waals surface area contributed by atoms with Crippen LogP contribution in [-0.2, 0) is 24.2 Å². The second-order valence-corrected chi connectivity index (χ2v) is 6.85. The van der Waals surface area contributed by atoms with Crippen LogP contribution in [0.2, 0.25) is 0 Å². The third-order valence-corrected chi connectivity index (χ3v) is 4.96. The monoisotopic (exact) mass is 408 g/mol. The van der Waals surface area contributed by atoms with Crippen molar-refractivity contribution >= 4 is 16.9 Å². The Morgan fingerprint density at radius 3 is 2.57 bits per heavy atom. The van der Waals surface area contributed by atoms with Crippen LogP contribution in [0.4, 0.5) is 0 Å². The summed E-state index contributed by atoms with van der Waals surface area (Å²) in [6.07, 6.45) is 5.72. The summed E-state index contributed by atoms with van der Waals surface area (Å²) in [5.41, 5.74) is 2.28. The van der Waals surface area contributed by atoms with Gasteiger partial charge in [0.05, 0.1) is 24.9 Å². The predicted molar refractivity (Wildman–Crippen MR) is 108 cm³/mol. The molecule has 9 heteroatoms. The molecule has 0 fully saturated rings. The fourth-order valence-corrected chi connectivity index (χ4v) is 3.57. The summed E-state index contributed by atoms with van der Waals surface area (Å²) >= 11 is 0. The minimum atomic E-state index is -1.10. The second-order valence-electron chi connectivity index (χ2n) is 6.85. The maximum absolute atomic E-state index is 13.0. The molecule has 154 valence electrons. The number of nitrogens with zero attached hydrogens (tertiary/aromatic N) is 4. The molecule has 0 spiro atoms. The van der Waals surface area contributed by atoms with Gasteiger partial charge in [-0.1, -0.05) is 18.2 Å². The second kappa shape index (κ2) is 7.86. The van der Waals surface area contributed by atoms with Gasteiger partial charge in [-0.25, -0.2) is 0 Å². The number of carbonyl (C=O) groups is 1. The van der Waals surface area contributed by atoms with Gasteiger partial charge in [0.1, 0.15) is 17.9 Å². The maximum atomic E-state index is 13.0. The molecule has 9 nitrogen and oxygen atoms in total. The van der Waals surface area contributed by atoms with E-state index < -0.39 is 18.1 Å². The number of fused-ring (bicyclic) bond motifs is 1. The van der Waals surface area contributed by atoms with E-state index in [1.54, 1.807) is 20.2 Å².